The maximum atomic E-state index is 11.9. The quantitative estimate of drug-likeness (QED) is 0.892. The molecule has 1 atom stereocenters. The fourth-order valence-electron chi connectivity index (χ4n) is 2.08. The van der Waals surface area contributed by atoms with Gasteiger partial charge in [0.1, 0.15) is 23.5 Å². The van der Waals surface area contributed by atoms with E-state index in [0.29, 0.717) is 23.4 Å². The molecule has 0 saturated carbocycles. The summed E-state index contributed by atoms with van der Waals surface area (Å²) in [6, 6.07) is 7.07. The van der Waals surface area contributed by atoms with E-state index in [-0.39, 0.29) is 11.7 Å². The lowest BCUT2D eigenvalue weighted by Crippen LogP contribution is -2.16. The van der Waals surface area contributed by atoms with E-state index in [1.165, 1.54) is 6.26 Å². The molecule has 2 aromatic heterocycles. The van der Waals surface area contributed by atoms with Gasteiger partial charge in [0.25, 0.3) is 5.56 Å². The summed E-state index contributed by atoms with van der Waals surface area (Å²) in [5.74, 6) is 0.495. The van der Waals surface area contributed by atoms with Crippen LogP contribution in [-0.2, 0) is 4.74 Å². The van der Waals surface area contributed by atoms with Gasteiger partial charge < -0.3 is 14.1 Å². The predicted octanol–water partition coefficient (Wildman–Crippen LogP) is 2.48. The molecule has 5 heteroatoms. The largest absolute Gasteiger partial charge is 0.492 e. The minimum atomic E-state index is -0.429. The monoisotopic (exact) mass is 254 g/mol. The number of pyridine rings is 1. The number of nitrogens with zero attached hydrogens (tertiary/aromatic N) is 1. The Balaban J connectivity index is 2.16. The average Bonchev–Trinajstić information content (AvgIpc) is 3.11. The number of nitriles is 1. The molecule has 3 heterocycles. The van der Waals surface area contributed by atoms with Gasteiger partial charge in [-0.1, -0.05) is 0 Å². The first-order valence-electron chi connectivity index (χ1n) is 5.81. The number of nitrogens with one attached hydrogen (secondary N) is 1. The standard InChI is InChI=1S/C14H10N2O3/c15-8-10-9(12-3-1-5-18-12)7-11(16-14(10)17)13-4-2-6-19-13/h1-3,5-7,13H,4H2,(H,16,17). The zero-order chi connectivity index (χ0) is 13.2. The van der Waals surface area contributed by atoms with Crippen LogP contribution in [0.5, 0.6) is 0 Å². The van der Waals surface area contributed by atoms with Crippen molar-refractivity contribution in [3.8, 4) is 17.4 Å². The van der Waals surface area contributed by atoms with Gasteiger partial charge in [0.05, 0.1) is 18.2 Å². The zero-order valence-corrected chi connectivity index (χ0v) is 9.92. The number of aromatic nitrogens is 1. The smallest absolute Gasteiger partial charge is 0.266 e. The van der Waals surface area contributed by atoms with Crippen LogP contribution in [0.15, 0.2) is 46.0 Å². The summed E-state index contributed by atoms with van der Waals surface area (Å²) in [5.41, 5.74) is 0.744. The lowest BCUT2D eigenvalue weighted by molar-refractivity contribution is 0.169. The Bertz CT molecular complexity index is 712. The number of furan rings is 1. The molecule has 94 valence electrons. The molecule has 0 aliphatic carbocycles. The van der Waals surface area contributed by atoms with E-state index < -0.39 is 5.56 Å². The first kappa shape index (κ1) is 11.4. The van der Waals surface area contributed by atoms with Gasteiger partial charge in [-0.05, 0) is 24.3 Å². The molecular weight excluding hydrogens is 244 g/mol. The van der Waals surface area contributed by atoms with E-state index in [4.69, 9.17) is 14.4 Å². The van der Waals surface area contributed by atoms with Crippen LogP contribution in [-0.4, -0.2) is 4.98 Å². The van der Waals surface area contributed by atoms with Crippen molar-refractivity contribution in [2.24, 2.45) is 0 Å². The number of rotatable bonds is 2. The topological polar surface area (TPSA) is 79.0 Å². The highest BCUT2D eigenvalue weighted by molar-refractivity contribution is 5.65. The molecule has 19 heavy (non-hydrogen) atoms. The lowest BCUT2D eigenvalue weighted by atomic mass is 10.0. The van der Waals surface area contributed by atoms with Crippen molar-refractivity contribution in [3.63, 3.8) is 0 Å². The van der Waals surface area contributed by atoms with Crippen LogP contribution in [0.25, 0.3) is 11.3 Å². The molecule has 3 rings (SSSR count). The fraction of sp³-hybridized carbons (Fsp3) is 0.143. The van der Waals surface area contributed by atoms with Gasteiger partial charge in [-0.15, -0.1) is 0 Å². The number of aromatic amines is 1. The Kier molecular flexibility index (Phi) is 2.69. The molecule has 2 aromatic rings. The first-order chi connectivity index (χ1) is 9.29. The first-order valence-corrected chi connectivity index (χ1v) is 5.81. The van der Waals surface area contributed by atoms with Gasteiger partial charge in [0.15, 0.2) is 0 Å². The Hall–Kier alpha value is -2.74. The van der Waals surface area contributed by atoms with Crippen LogP contribution in [0.3, 0.4) is 0 Å². The second kappa shape index (κ2) is 4.50. The fourth-order valence-corrected chi connectivity index (χ4v) is 2.08. The van der Waals surface area contributed by atoms with Gasteiger partial charge >= 0.3 is 0 Å². The zero-order valence-electron chi connectivity index (χ0n) is 9.92. The molecule has 1 aliphatic rings. The normalized spacial score (nSPS) is 17.1. The molecule has 0 fully saturated rings. The third kappa shape index (κ3) is 1.93. The second-order valence-electron chi connectivity index (χ2n) is 4.16. The van der Waals surface area contributed by atoms with Crippen molar-refractivity contribution < 1.29 is 9.15 Å². The van der Waals surface area contributed by atoms with Crippen molar-refractivity contribution in [1.29, 1.82) is 5.26 Å². The highest BCUT2D eigenvalue weighted by Gasteiger charge is 2.20. The van der Waals surface area contributed by atoms with E-state index in [0.717, 1.165) is 0 Å². The second-order valence-corrected chi connectivity index (χ2v) is 4.16. The van der Waals surface area contributed by atoms with Crippen molar-refractivity contribution in [2.75, 3.05) is 0 Å². The van der Waals surface area contributed by atoms with Crippen molar-refractivity contribution >= 4 is 0 Å². The SMILES string of the molecule is N#Cc1c(-c2ccco2)cc(C2CC=CO2)[nH]c1=O. The van der Waals surface area contributed by atoms with E-state index in [2.05, 4.69) is 4.98 Å². The van der Waals surface area contributed by atoms with Crippen LogP contribution < -0.4 is 5.56 Å². The molecule has 1 aliphatic heterocycles. The highest BCUT2D eigenvalue weighted by Crippen LogP contribution is 2.29. The predicted molar refractivity (Wildman–Crippen MR) is 67.1 cm³/mol. The summed E-state index contributed by atoms with van der Waals surface area (Å²) in [6.07, 6.45) is 5.47. The molecule has 0 saturated heterocycles. The van der Waals surface area contributed by atoms with Crippen LogP contribution in [0.1, 0.15) is 23.8 Å². The molecule has 0 amide bonds. The minimum Gasteiger partial charge on any atom is -0.492 e. The number of H-pyrrole nitrogens is 1. The Labute approximate surface area is 108 Å². The van der Waals surface area contributed by atoms with E-state index >= 15 is 0 Å². The summed E-state index contributed by atoms with van der Waals surface area (Å²) in [6.45, 7) is 0. The Morgan fingerprint density at radius 1 is 1.47 bits per heavy atom. The average molecular weight is 254 g/mol. The maximum absolute atomic E-state index is 11.9. The third-order valence-electron chi connectivity index (χ3n) is 2.99. The van der Waals surface area contributed by atoms with Gasteiger partial charge in [0.2, 0.25) is 0 Å². The molecule has 1 unspecified atom stereocenters. The summed E-state index contributed by atoms with van der Waals surface area (Å²) < 4.78 is 10.6. The van der Waals surface area contributed by atoms with Crippen LogP contribution in [0.4, 0.5) is 0 Å². The summed E-state index contributed by atoms with van der Waals surface area (Å²) in [4.78, 5) is 14.6. The lowest BCUT2D eigenvalue weighted by Gasteiger charge is -2.11. The van der Waals surface area contributed by atoms with E-state index in [1.54, 1.807) is 24.5 Å². The van der Waals surface area contributed by atoms with Gasteiger partial charge in [-0.25, -0.2) is 0 Å². The van der Waals surface area contributed by atoms with Crippen LogP contribution >= 0.6 is 0 Å². The molecular formula is C14H10N2O3. The van der Waals surface area contributed by atoms with Crippen LogP contribution in [0, 0.1) is 11.3 Å². The Morgan fingerprint density at radius 2 is 2.37 bits per heavy atom. The van der Waals surface area contributed by atoms with Crippen molar-refractivity contribution in [2.45, 2.75) is 12.5 Å². The summed E-state index contributed by atoms with van der Waals surface area (Å²) in [7, 11) is 0. The Morgan fingerprint density at radius 3 is 3.00 bits per heavy atom. The van der Waals surface area contributed by atoms with Crippen LogP contribution in [0.2, 0.25) is 0 Å². The summed E-state index contributed by atoms with van der Waals surface area (Å²) in [5, 5.41) is 9.10. The van der Waals surface area contributed by atoms with E-state index in [9.17, 15) is 4.79 Å². The van der Waals surface area contributed by atoms with Crippen molar-refractivity contribution in [3.05, 3.63) is 58.4 Å². The molecule has 0 aromatic carbocycles. The third-order valence-corrected chi connectivity index (χ3v) is 2.99. The highest BCUT2D eigenvalue weighted by atomic mass is 16.5. The molecule has 1 N–H and O–H groups in total. The number of hydrogen-bond acceptors (Lipinski definition) is 4. The maximum Gasteiger partial charge on any atom is 0.266 e. The summed E-state index contributed by atoms with van der Waals surface area (Å²) >= 11 is 0. The number of hydrogen-bond donors (Lipinski definition) is 1. The molecule has 0 spiro atoms. The van der Waals surface area contributed by atoms with Crippen molar-refractivity contribution in [1.82, 2.24) is 4.98 Å². The molecule has 0 bridgehead atoms. The number of ether oxygens (including phenoxy) is 1. The van der Waals surface area contributed by atoms with E-state index in [1.807, 2.05) is 12.1 Å². The molecule has 0 radical (unpaired) electrons. The van der Waals surface area contributed by atoms with Gasteiger partial charge in [-0.3, -0.25) is 4.79 Å². The molecule has 5 nitrogen and oxygen atoms in total. The minimum absolute atomic E-state index is 0.0460. The van der Waals surface area contributed by atoms with Gasteiger partial charge in [0, 0.05) is 12.0 Å². The van der Waals surface area contributed by atoms with Gasteiger partial charge in [-0.2, -0.15) is 5.26 Å².